The summed E-state index contributed by atoms with van der Waals surface area (Å²) in [4.78, 5) is 0.390. The maximum absolute atomic E-state index is 10.8. The van der Waals surface area contributed by atoms with Crippen LogP contribution in [0.2, 0.25) is 0 Å². The van der Waals surface area contributed by atoms with E-state index in [0.717, 1.165) is 18.7 Å². The molecule has 3 rings (SSSR count). The van der Waals surface area contributed by atoms with Gasteiger partial charge in [0.15, 0.2) is 6.54 Å². The second-order valence-electron chi connectivity index (χ2n) is 5.35. The maximum Gasteiger partial charge on any atom is 0.235 e. The molecule has 5 nitrogen and oxygen atoms in total. The van der Waals surface area contributed by atoms with Crippen LogP contribution in [0.15, 0.2) is 53.3 Å². The number of nitrogens with one attached hydrogen (secondary N) is 1. The molecule has 124 valence electrons. The molecule has 0 aliphatic heterocycles. The highest BCUT2D eigenvalue weighted by Crippen LogP contribution is 2.19. The van der Waals surface area contributed by atoms with E-state index in [0.29, 0.717) is 11.3 Å². The molecule has 0 saturated heterocycles. The van der Waals surface area contributed by atoms with E-state index in [-0.39, 0.29) is 0 Å². The zero-order chi connectivity index (χ0) is 16.9. The van der Waals surface area contributed by atoms with Crippen molar-refractivity contribution >= 4 is 42.9 Å². The Bertz CT molecular complexity index is 974. The average Bonchev–Trinajstić information content (AvgIpc) is 2.90. The monoisotopic (exact) mass is 360 g/mol. The molecule has 7 heteroatoms. The number of para-hydroxylation sites is 1. The predicted molar refractivity (Wildman–Crippen MR) is 98.8 cm³/mol. The zero-order valence-corrected chi connectivity index (χ0v) is 14.9. The topological polar surface area (TPSA) is 62.4 Å². The lowest BCUT2D eigenvalue weighted by molar-refractivity contribution is -0.671. The van der Waals surface area contributed by atoms with Gasteiger partial charge in [0.05, 0.1) is 10.6 Å². The molecule has 0 saturated carbocycles. The lowest BCUT2D eigenvalue weighted by Gasteiger charge is -2.05. The van der Waals surface area contributed by atoms with E-state index in [9.17, 15) is 8.42 Å². The Balaban J connectivity index is 1.55. The van der Waals surface area contributed by atoms with Crippen LogP contribution in [0, 0.1) is 6.92 Å². The second kappa shape index (κ2) is 7.55. The fraction of sp³-hybridized carbons (Fsp3) is 0.235. The fourth-order valence-electron chi connectivity index (χ4n) is 2.54. The van der Waals surface area contributed by atoms with E-state index >= 15 is 0 Å². The van der Waals surface area contributed by atoms with Crippen molar-refractivity contribution in [3.05, 3.63) is 53.2 Å². The van der Waals surface area contributed by atoms with Crippen LogP contribution in [-0.2, 0) is 16.8 Å². The van der Waals surface area contributed by atoms with E-state index in [1.54, 1.807) is 23.5 Å². The summed E-state index contributed by atoms with van der Waals surface area (Å²) in [5.74, 6) is 0. The molecule has 1 aliphatic rings. The SMILES string of the molecule is Cc1sc2ccccc2[n+]1CCC=NNC1=CCC(=S(=O)=O)C=C1. The molecule has 0 bridgehead atoms. The number of hydrogen-bond donors (Lipinski definition) is 1. The van der Waals surface area contributed by atoms with E-state index in [1.807, 2.05) is 12.3 Å². The largest absolute Gasteiger partial charge is 0.279 e. The van der Waals surface area contributed by atoms with Gasteiger partial charge in [-0.2, -0.15) is 18.1 Å². The number of rotatable bonds is 5. The number of hydrazone groups is 1. The van der Waals surface area contributed by atoms with Crippen molar-refractivity contribution in [1.82, 2.24) is 5.43 Å². The van der Waals surface area contributed by atoms with Gasteiger partial charge in [-0.3, -0.25) is 5.43 Å². The van der Waals surface area contributed by atoms with Crippen LogP contribution in [-0.4, -0.2) is 19.5 Å². The summed E-state index contributed by atoms with van der Waals surface area (Å²) in [6, 6.07) is 8.40. The lowest BCUT2D eigenvalue weighted by Crippen LogP contribution is -2.35. The fourth-order valence-corrected chi connectivity index (χ4v) is 3.98. The maximum atomic E-state index is 10.8. The number of benzene rings is 1. The molecule has 24 heavy (non-hydrogen) atoms. The molecule has 1 heterocycles. The van der Waals surface area contributed by atoms with Crippen molar-refractivity contribution in [3.8, 4) is 0 Å². The summed E-state index contributed by atoms with van der Waals surface area (Å²) < 4.78 is 25.2. The number of thiazole rings is 1. The van der Waals surface area contributed by atoms with Crippen molar-refractivity contribution in [2.75, 3.05) is 0 Å². The Morgan fingerprint density at radius 1 is 1.33 bits per heavy atom. The van der Waals surface area contributed by atoms with E-state index in [2.05, 4.69) is 46.3 Å². The summed E-state index contributed by atoms with van der Waals surface area (Å²) in [7, 11) is -2.14. The van der Waals surface area contributed by atoms with Crippen LogP contribution in [0.5, 0.6) is 0 Å². The molecule has 0 spiro atoms. The summed E-state index contributed by atoms with van der Waals surface area (Å²) in [5, 5.41) is 5.49. The first-order valence-corrected chi connectivity index (χ1v) is 9.53. The molecule has 1 aliphatic carbocycles. The van der Waals surface area contributed by atoms with Gasteiger partial charge in [-0.05, 0) is 18.2 Å². The van der Waals surface area contributed by atoms with E-state index < -0.39 is 10.3 Å². The van der Waals surface area contributed by atoms with Gasteiger partial charge in [-0.15, -0.1) is 0 Å². The first kappa shape index (κ1) is 16.6. The van der Waals surface area contributed by atoms with Gasteiger partial charge in [0.1, 0.15) is 4.70 Å². The van der Waals surface area contributed by atoms with Gasteiger partial charge in [0, 0.05) is 32.0 Å². The lowest BCUT2D eigenvalue weighted by atomic mass is 10.1. The minimum Gasteiger partial charge on any atom is -0.279 e. The van der Waals surface area contributed by atoms with Crippen molar-refractivity contribution in [3.63, 3.8) is 0 Å². The number of allylic oxidation sites excluding steroid dienone is 3. The van der Waals surface area contributed by atoms with E-state index in [1.165, 1.54) is 15.2 Å². The van der Waals surface area contributed by atoms with Gasteiger partial charge in [0.25, 0.3) is 0 Å². The van der Waals surface area contributed by atoms with Crippen molar-refractivity contribution in [2.24, 2.45) is 5.10 Å². The highest BCUT2D eigenvalue weighted by molar-refractivity contribution is 7.73. The third kappa shape index (κ3) is 3.80. The predicted octanol–water partition coefficient (Wildman–Crippen LogP) is 2.36. The summed E-state index contributed by atoms with van der Waals surface area (Å²) in [6.07, 6.45) is 8.19. The van der Waals surface area contributed by atoms with E-state index in [4.69, 9.17) is 0 Å². The molecule has 0 fully saturated rings. The van der Waals surface area contributed by atoms with Crippen LogP contribution < -0.4 is 9.99 Å². The van der Waals surface area contributed by atoms with Crippen molar-refractivity contribution in [2.45, 2.75) is 26.3 Å². The number of fused-ring (bicyclic) bond motifs is 1. The Labute approximate surface area is 146 Å². The average molecular weight is 360 g/mol. The number of hydrogen-bond acceptors (Lipinski definition) is 5. The second-order valence-corrected chi connectivity index (χ2v) is 7.58. The first-order chi connectivity index (χ1) is 11.6. The van der Waals surface area contributed by atoms with Gasteiger partial charge in [0.2, 0.25) is 20.8 Å². The molecule has 0 amide bonds. The van der Waals surface area contributed by atoms with Gasteiger partial charge < -0.3 is 0 Å². The smallest absolute Gasteiger partial charge is 0.235 e. The molecule has 1 aromatic heterocycles. The Morgan fingerprint density at radius 3 is 2.92 bits per heavy atom. The Hall–Kier alpha value is -2.25. The van der Waals surface area contributed by atoms with Gasteiger partial charge in [-0.1, -0.05) is 29.5 Å². The number of aryl methyl sites for hydroxylation is 2. The van der Waals surface area contributed by atoms with Gasteiger partial charge in [-0.25, -0.2) is 0 Å². The van der Waals surface area contributed by atoms with Crippen LogP contribution in [0.4, 0.5) is 0 Å². The molecule has 1 N–H and O–H groups in total. The Kier molecular flexibility index (Phi) is 5.22. The summed E-state index contributed by atoms with van der Waals surface area (Å²) in [6.45, 7) is 3.01. The van der Waals surface area contributed by atoms with Crippen molar-refractivity contribution < 1.29 is 13.0 Å². The van der Waals surface area contributed by atoms with Crippen LogP contribution in [0.3, 0.4) is 0 Å². The standard InChI is InChI=1S/C17H18N3O2S2/c1-13-20(16-5-2-3-6-17(16)23-13)12-4-11-18-19-14-7-9-15(10-8-14)24(21)22/h2-3,5-9,11,19H,4,10,12H2,1H3/q+1. The zero-order valence-electron chi connectivity index (χ0n) is 13.3. The molecule has 0 atom stereocenters. The highest BCUT2D eigenvalue weighted by Gasteiger charge is 2.15. The molecular formula is C17H18N3O2S2+. The van der Waals surface area contributed by atoms with Crippen LogP contribution in [0.1, 0.15) is 17.8 Å². The van der Waals surface area contributed by atoms with Gasteiger partial charge >= 0.3 is 0 Å². The molecule has 2 aromatic rings. The van der Waals surface area contributed by atoms with Crippen LogP contribution >= 0.6 is 11.3 Å². The number of aromatic nitrogens is 1. The quantitative estimate of drug-likeness (QED) is 0.385. The molecule has 0 unspecified atom stereocenters. The molecular weight excluding hydrogens is 342 g/mol. The summed E-state index contributed by atoms with van der Waals surface area (Å²) in [5.41, 5.74) is 5.00. The minimum absolute atomic E-state index is 0.390. The van der Waals surface area contributed by atoms with Crippen LogP contribution in [0.25, 0.3) is 10.2 Å². The number of nitrogens with zero attached hydrogens (tertiary/aromatic N) is 2. The third-order valence-electron chi connectivity index (χ3n) is 3.75. The van der Waals surface area contributed by atoms with Crippen molar-refractivity contribution in [1.29, 1.82) is 0 Å². The minimum atomic E-state index is -2.14. The molecule has 0 radical (unpaired) electrons. The Morgan fingerprint density at radius 2 is 2.17 bits per heavy atom. The summed E-state index contributed by atoms with van der Waals surface area (Å²) >= 11 is 1.80. The molecule has 1 aromatic carbocycles. The first-order valence-electron chi connectivity index (χ1n) is 7.64. The highest BCUT2D eigenvalue weighted by atomic mass is 32.2. The normalized spacial score (nSPS) is 14.4. The third-order valence-corrected chi connectivity index (χ3v) is 5.56.